The summed E-state index contributed by atoms with van der Waals surface area (Å²) in [5.74, 6) is -3.16. The number of nitro benzene ring substituents is 1. The van der Waals surface area contributed by atoms with E-state index in [0.717, 1.165) is 6.07 Å². The number of carboxylic acid groups (broad SMARTS) is 1. The van der Waals surface area contributed by atoms with E-state index in [1.807, 2.05) is 0 Å². The van der Waals surface area contributed by atoms with Crippen molar-refractivity contribution < 1.29 is 24.4 Å². The largest absolute Gasteiger partial charge is 0.480 e. The van der Waals surface area contributed by atoms with Gasteiger partial charge in [-0.2, -0.15) is 0 Å². The number of benzene rings is 1. The molecule has 21 heavy (non-hydrogen) atoms. The minimum atomic E-state index is -1.49. The molecular formula is C12H13N3O6. The molecule has 2 amide bonds. The van der Waals surface area contributed by atoms with Crippen molar-refractivity contribution in [2.45, 2.75) is 19.4 Å². The van der Waals surface area contributed by atoms with Crippen molar-refractivity contribution in [2.24, 2.45) is 5.73 Å². The van der Waals surface area contributed by atoms with Crippen LogP contribution < -0.4 is 11.1 Å². The van der Waals surface area contributed by atoms with Crippen LogP contribution in [0.1, 0.15) is 22.3 Å². The smallest absolute Gasteiger partial charge is 0.326 e. The Morgan fingerprint density at radius 3 is 2.52 bits per heavy atom. The maximum absolute atomic E-state index is 11.9. The molecule has 0 spiro atoms. The molecule has 0 aliphatic rings. The summed E-state index contributed by atoms with van der Waals surface area (Å²) in [6.45, 7) is 1.51. The summed E-state index contributed by atoms with van der Waals surface area (Å²) in [4.78, 5) is 43.7. The lowest BCUT2D eigenvalue weighted by Crippen LogP contribution is -2.43. The molecule has 9 nitrogen and oxygen atoms in total. The number of nitro groups is 1. The molecule has 0 aromatic heterocycles. The second-order valence-electron chi connectivity index (χ2n) is 4.29. The molecule has 0 saturated carbocycles. The molecule has 0 aliphatic carbocycles. The van der Waals surface area contributed by atoms with Gasteiger partial charge < -0.3 is 16.2 Å². The van der Waals surface area contributed by atoms with E-state index < -0.39 is 35.2 Å². The number of nitrogens with one attached hydrogen (secondary N) is 1. The Labute approximate surface area is 118 Å². The van der Waals surface area contributed by atoms with Gasteiger partial charge in [-0.25, -0.2) is 4.79 Å². The number of nitrogens with two attached hydrogens (primary N) is 1. The molecule has 1 aromatic carbocycles. The Balaban J connectivity index is 2.97. The van der Waals surface area contributed by atoms with E-state index in [-0.39, 0.29) is 11.3 Å². The van der Waals surface area contributed by atoms with Gasteiger partial charge in [0, 0.05) is 17.2 Å². The summed E-state index contributed by atoms with van der Waals surface area (Å²) in [5, 5.41) is 21.8. The summed E-state index contributed by atoms with van der Waals surface area (Å²) in [7, 11) is 0. The molecule has 4 N–H and O–H groups in total. The van der Waals surface area contributed by atoms with Crippen LogP contribution in [0.5, 0.6) is 0 Å². The molecule has 9 heteroatoms. The second kappa shape index (κ2) is 6.46. The van der Waals surface area contributed by atoms with Crippen molar-refractivity contribution in [3.05, 3.63) is 39.4 Å². The van der Waals surface area contributed by atoms with Crippen LogP contribution in [0.2, 0.25) is 0 Å². The zero-order valence-corrected chi connectivity index (χ0v) is 11.0. The number of carbonyl (C=O) groups excluding carboxylic acids is 2. The third-order valence-corrected chi connectivity index (χ3v) is 2.68. The number of hydrogen-bond acceptors (Lipinski definition) is 5. The third-order valence-electron chi connectivity index (χ3n) is 2.68. The van der Waals surface area contributed by atoms with Crippen LogP contribution >= 0.6 is 0 Å². The topological polar surface area (TPSA) is 153 Å². The third kappa shape index (κ3) is 4.27. The SMILES string of the molecule is Cc1ccc(C(=O)N[C@@H](CC(N)=O)C(=O)O)cc1[N+](=O)[O-]. The van der Waals surface area contributed by atoms with Gasteiger partial charge in [0.2, 0.25) is 5.91 Å². The number of carbonyl (C=O) groups is 3. The van der Waals surface area contributed by atoms with Crippen LogP contribution in [0.25, 0.3) is 0 Å². The number of aliphatic carboxylic acids is 1. The summed E-state index contributed by atoms with van der Waals surface area (Å²) >= 11 is 0. The average Bonchev–Trinajstić information content (AvgIpc) is 2.37. The first-order valence-electron chi connectivity index (χ1n) is 5.79. The Kier molecular flexibility index (Phi) is 4.95. The van der Waals surface area contributed by atoms with E-state index in [1.165, 1.54) is 19.1 Å². The van der Waals surface area contributed by atoms with Gasteiger partial charge in [0.1, 0.15) is 6.04 Å². The van der Waals surface area contributed by atoms with Crippen LogP contribution in [0.4, 0.5) is 5.69 Å². The number of hydrogen-bond donors (Lipinski definition) is 3. The van der Waals surface area contributed by atoms with Gasteiger partial charge in [-0.15, -0.1) is 0 Å². The van der Waals surface area contributed by atoms with Crippen molar-refractivity contribution in [3.8, 4) is 0 Å². The van der Waals surface area contributed by atoms with Gasteiger partial charge in [0.25, 0.3) is 11.6 Å². The fraction of sp³-hybridized carbons (Fsp3) is 0.250. The van der Waals surface area contributed by atoms with Gasteiger partial charge in [-0.05, 0) is 13.0 Å². The van der Waals surface area contributed by atoms with Crippen LogP contribution in [0.15, 0.2) is 18.2 Å². The maximum atomic E-state index is 11.9. The van der Waals surface area contributed by atoms with Crippen molar-refractivity contribution in [1.82, 2.24) is 5.32 Å². The number of primary amides is 1. The van der Waals surface area contributed by atoms with E-state index in [9.17, 15) is 24.5 Å². The lowest BCUT2D eigenvalue weighted by atomic mass is 10.1. The maximum Gasteiger partial charge on any atom is 0.326 e. The van der Waals surface area contributed by atoms with Gasteiger partial charge in [-0.1, -0.05) is 6.07 Å². The van der Waals surface area contributed by atoms with Gasteiger partial charge >= 0.3 is 5.97 Å². The average molecular weight is 295 g/mol. The summed E-state index contributed by atoms with van der Waals surface area (Å²) in [6.07, 6.45) is -0.574. The molecule has 0 fully saturated rings. The molecule has 0 aliphatic heterocycles. The summed E-state index contributed by atoms with van der Waals surface area (Å²) in [6, 6.07) is 2.24. The molecule has 0 saturated heterocycles. The standard InChI is InChI=1S/C12H13N3O6/c1-6-2-3-7(4-9(6)15(20)21)11(17)14-8(12(18)19)5-10(13)16/h2-4,8H,5H2,1H3,(H2,13,16)(H,14,17)(H,18,19)/t8-/m0/s1. The van der Waals surface area contributed by atoms with Crippen molar-refractivity contribution in [2.75, 3.05) is 0 Å². The highest BCUT2D eigenvalue weighted by Crippen LogP contribution is 2.19. The molecule has 0 heterocycles. The molecule has 1 rings (SSSR count). The van der Waals surface area contributed by atoms with Crippen LogP contribution in [0, 0.1) is 17.0 Å². The van der Waals surface area contributed by atoms with E-state index in [2.05, 4.69) is 5.32 Å². The van der Waals surface area contributed by atoms with Gasteiger partial charge in [0.15, 0.2) is 0 Å². The van der Waals surface area contributed by atoms with Crippen molar-refractivity contribution in [1.29, 1.82) is 0 Å². The Morgan fingerprint density at radius 1 is 1.43 bits per heavy atom. The summed E-state index contributed by atoms with van der Waals surface area (Å²) < 4.78 is 0. The zero-order valence-electron chi connectivity index (χ0n) is 11.0. The van der Waals surface area contributed by atoms with Gasteiger partial charge in [-0.3, -0.25) is 19.7 Å². The number of nitrogens with zero attached hydrogens (tertiary/aromatic N) is 1. The minimum Gasteiger partial charge on any atom is -0.480 e. The Morgan fingerprint density at radius 2 is 2.05 bits per heavy atom. The van der Waals surface area contributed by atoms with Crippen LogP contribution in [-0.2, 0) is 9.59 Å². The fourth-order valence-electron chi connectivity index (χ4n) is 1.59. The normalized spacial score (nSPS) is 11.5. The lowest BCUT2D eigenvalue weighted by Gasteiger charge is -2.12. The predicted molar refractivity (Wildman–Crippen MR) is 70.5 cm³/mol. The molecule has 1 atom stereocenters. The number of rotatable bonds is 6. The quantitative estimate of drug-likeness (QED) is 0.494. The van der Waals surface area contributed by atoms with Crippen LogP contribution in [-0.4, -0.2) is 33.9 Å². The molecule has 0 unspecified atom stereocenters. The fourth-order valence-corrected chi connectivity index (χ4v) is 1.59. The number of carboxylic acids is 1. The van der Waals surface area contributed by atoms with E-state index in [1.54, 1.807) is 0 Å². The van der Waals surface area contributed by atoms with E-state index >= 15 is 0 Å². The molecule has 112 valence electrons. The van der Waals surface area contributed by atoms with Gasteiger partial charge in [0.05, 0.1) is 11.3 Å². The zero-order chi connectivity index (χ0) is 16.2. The highest BCUT2D eigenvalue weighted by atomic mass is 16.6. The van der Waals surface area contributed by atoms with E-state index in [4.69, 9.17) is 10.8 Å². The number of amides is 2. The first kappa shape index (κ1) is 16.1. The lowest BCUT2D eigenvalue weighted by molar-refractivity contribution is -0.385. The highest BCUT2D eigenvalue weighted by molar-refractivity contribution is 5.98. The van der Waals surface area contributed by atoms with Crippen molar-refractivity contribution >= 4 is 23.5 Å². The monoisotopic (exact) mass is 295 g/mol. The minimum absolute atomic E-state index is 0.0805. The summed E-state index contributed by atoms with van der Waals surface area (Å²) in [5.41, 5.74) is 4.91. The molecule has 1 aromatic rings. The Hall–Kier alpha value is -2.97. The Bertz CT molecular complexity index is 613. The predicted octanol–water partition coefficient (Wildman–Crippen LogP) is -0.0384. The molecule has 0 radical (unpaired) electrons. The first-order valence-corrected chi connectivity index (χ1v) is 5.79. The highest BCUT2D eigenvalue weighted by Gasteiger charge is 2.23. The second-order valence-corrected chi connectivity index (χ2v) is 4.29. The number of aryl methyl sites for hydroxylation is 1. The molecular weight excluding hydrogens is 282 g/mol. The first-order chi connectivity index (χ1) is 9.72. The van der Waals surface area contributed by atoms with E-state index in [0.29, 0.717) is 5.56 Å². The molecule has 0 bridgehead atoms. The van der Waals surface area contributed by atoms with Crippen LogP contribution in [0.3, 0.4) is 0 Å². The van der Waals surface area contributed by atoms with Crippen molar-refractivity contribution in [3.63, 3.8) is 0 Å².